The lowest BCUT2D eigenvalue weighted by atomic mass is 9.88. The van der Waals surface area contributed by atoms with E-state index in [9.17, 15) is 50.1 Å². The highest BCUT2D eigenvalue weighted by molar-refractivity contribution is 5.77. The van der Waals surface area contributed by atoms with Gasteiger partial charge in [-0.05, 0) is 6.42 Å². The Morgan fingerprint density at radius 1 is 0.459 bits per heavy atom. The van der Waals surface area contributed by atoms with E-state index in [1.807, 2.05) is 0 Å². The Kier molecular flexibility index (Phi) is 37.1. The van der Waals surface area contributed by atoms with Gasteiger partial charge in [0, 0.05) is 33.3 Å². The second-order valence-corrected chi connectivity index (χ2v) is 26.9. The molecule has 0 aliphatic carbocycles. The van der Waals surface area contributed by atoms with Crippen molar-refractivity contribution in [3.05, 3.63) is 35.7 Å². The molecule has 0 saturated carbocycles. The number of nitrogens with zero attached hydrogens (tertiary/aromatic N) is 9. The minimum absolute atomic E-state index is 0.00128. The minimum Gasteiger partial charge on any atom is -0.396 e. The lowest BCUT2D eigenvalue weighted by molar-refractivity contribution is -0.238. The summed E-state index contributed by atoms with van der Waals surface area (Å²) in [6, 6.07) is -1.81. The van der Waals surface area contributed by atoms with Crippen molar-refractivity contribution in [3.63, 3.8) is 0 Å². The number of fused-ring (bicyclic) bond motifs is 6. The Balaban J connectivity index is 0.651. The van der Waals surface area contributed by atoms with Crippen LogP contribution in [0.25, 0.3) is 0 Å². The first-order chi connectivity index (χ1) is 52.9. The Hall–Kier alpha value is -5.29. The van der Waals surface area contributed by atoms with E-state index < -0.39 is 89.9 Å². The third-order valence-corrected chi connectivity index (χ3v) is 18.1. The summed E-state index contributed by atoms with van der Waals surface area (Å²) < 4.78 is 126. The summed E-state index contributed by atoms with van der Waals surface area (Å²) in [6.45, 7) is 9.40. The molecule has 3 aromatic heterocycles. The number of amides is 3. The average molecular weight is 1570 g/mol. The van der Waals surface area contributed by atoms with Crippen molar-refractivity contribution in [2.75, 3.05) is 205 Å². The molecule has 3 aromatic rings. The first-order valence-electron chi connectivity index (χ1n) is 36.7. The van der Waals surface area contributed by atoms with Gasteiger partial charge in [-0.2, -0.15) is 0 Å². The fourth-order valence-corrected chi connectivity index (χ4v) is 12.4. The van der Waals surface area contributed by atoms with Crippen LogP contribution in [0.1, 0.15) is 50.2 Å². The van der Waals surface area contributed by atoms with Crippen LogP contribution in [0.5, 0.6) is 0 Å². The van der Waals surface area contributed by atoms with Crippen molar-refractivity contribution in [1.82, 2.24) is 60.9 Å². The molecule has 9 rings (SSSR count). The molecule has 43 heteroatoms. The van der Waals surface area contributed by atoms with Crippen molar-refractivity contribution in [1.29, 1.82) is 0 Å². The van der Waals surface area contributed by atoms with Crippen LogP contribution in [0.2, 0.25) is 0 Å². The average Bonchev–Trinajstić information content (AvgIpc) is 1.65. The first kappa shape index (κ1) is 87.7. The highest BCUT2D eigenvalue weighted by atomic mass is 16.8. The molecule has 43 nitrogen and oxygen atoms in total. The SMILES string of the molecule is CC(=O)N[C@H]1[C@H]2OC[C@](COCCOCCOCCOCCn3cc(COCC(COCc4cn(CCOCCOCCOCCOC[C@@]56CO[C@@H](O5)[C@H](NC(C)=O)[C@@H](O)[C@H]6O)nn4)(COCc4cn(CCOCCOCCOCCOC[C@]56CO[C@H](C[C@@H](O)[C@H]5O)O6)nn4)NC(=O)CCCO)nn3)(O2)[C@H](O)[C@@H]1O. The van der Waals surface area contributed by atoms with Crippen LogP contribution in [0.3, 0.4) is 0 Å². The summed E-state index contributed by atoms with van der Waals surface area (Å²) in [5.41, 5.74) is -3.42. The van der Waals surface area contributed by atoms with Crippen LogP contribution in [0.15, 0.2) is 18.6 Å². The van der Waals surface area contributed by atoms with Gasteiger partial charge in [0.1, 0.15) is 82.0 Å². The van der Waals surface area contributed by atoms with Gasteiger partial charge >= 0.3 is 0 Å². The number of aromatic nitrogens is 9. The molecular weight excluding hydrogens is 1460 g/mol. The minimum atomic E-state index is -1.34. The highest BCUT2D eigenvalue weighted by Crippen LogP contribution is 2.40. The predicted octanol–water partition coefficient (Wildman–Crippen LogP) is -6.82. The van der Waals surface area contributed by atoms with Gasteiger partial charge in [0.15, 0.2) is 18.9 Å². The molecular formula is C66H110N12O31. The molecule has 10 N–H and O–H groups in total. The Bertz CT molecular complexity index is 2950. The summed E-state index contributed by atoms with van der Waals surface area (Å²) in [4.78, 5) is 36.6. The van der Waals surface area contributed by atoms with Crippen LogP contribution in [0.4, 0.5) is 0 Å². The van der Waals surface area contributed by atoms with E-state index >= 15 is 0 Å². The maximum atomic E-state index is 13.6. The Morgan fingerprint density at radius 3 is 1.14 bits per heavy atom. The summed E-state index contributed by atoms with van der Waals surface area (Å²) >= 11 is 0. The maximum Gasteiger partial charge on any atom is 0.220 e. The number of ether oxygens (including phenoxy) is 21. The van der Waals surface area contributed by atoms with E-state index in [1.165, 1.54) is 13.8 Å². The second kappa shape index (κ2) is 46.2. The molecule has 6 saturated heterocycles. The Labute approximate surface area is 629 Å². The van der Waals surface area contributed by atoms with E-state index in [2.05, 4.69) is 46.9 Å². The van der Waals surface area contributed by atoms with Gasteiger partial charge in [0.2, 0.25) is 17.7 Å². The van der Waals surface area contributed by atoms with E-state index in [0.29, 0.717) is 142 Å². The zero-order valence-electron chi connectivity index (χ0n) is 61.8. The standard InChI is InChI=1S/C66H110N12O31/c1-46(80)67-54-56(84)59(87)65(44-105-61(54)108-65)41-99-28-25-96-22-19-93-16-13-90-10-6-77-32-49(71-74-77)35-102-38-63(69-52(83)4-3-8-79,37-101-34-48-31-76(73-70-48)5-9-89-12-15-92-18-21-95-24-27-98-40-64-43-104-53(107-64)30-51(82)58(64)86)39-103-36-50-33-78(75-72-50)7-11-91-14-17-94-20-23-97-26-29-100-42-66-45-106-62(109-66)55(68-47(2)81)57(85)60(66)88/h31-33,51,53-62,79,82,84-88H,3-30,34-45H2,1-2H3,(H,67,80)(H,68,81)(H,69,83)/t51-,53+,54-,55-,56-,57-,58-,59-,60-,61+,62+,64+,65+,66+/m1/s1. The van der Waals surface area contributed by atoms with Gasteiger partial charge < -0.3 is 151 Å². The van der Waals surface area contributed by atoms with Crippen molar-refractivity contribution < 1.29 is 150 Å². The molecule has 6 aliphatic rings. The van der Waals surface area contributed by atoms with Crippen molar-refractivity contribution in [3.8, 4) is 0 Å². The third kappa shape index (κ3) is 27.8. The summed E-state index contributed by atoms with van der Waals surface area (Å²) in [6.07, 6.45) is -4.09. The molecule has 0 aromatic carbocycles. The molecule has 3 amide bonds. The van der Waals surface area contributed by atoms with E-state index in [-0.39, 0.29) is 156 Å². The van der Waals surface area contributed by atoms with Crippen LogP contribution in [0, 0.1) is 0 Å². The number of aliphatic hydroxyl groups excluding tert-OH is 7. The number of hydrogen-bond acceptors (Lipinski definition) is 37. The van der Waals surface area contributed by atoms with Crippen LogP contribution in [-0.2, 0) is 153 Å². The molecule has 14 atom stereocenters. The molecule has 620 valence electrons. The topological polar surface area (TPSA) is 515 Å². The molecule has 0 spiro atoms. The quantitative estimate of drug-likeness (QED) is 0.0235. The Morgan fingerprint density at radius 2 is 0.789 bits per heavy atom. The second-order valence-electron chi connectivity index (χ2n) is 26.9. The highest BCUT2D eigenvalue weighted by Gasteiger charge is 2.61. The molecule has 6 fully saturated rings. The monoisotopic (exact) mass is 1570 g/mol. The van der Waals surface area contributed by atoms with Gasteiger partial charge in [-0.25, -0.2) is 14.0 Å². The lowest BCUT2D eigenvalue weighted by Gasteiger charge is -2.42. The number of nitrogens with one attached hydrogen (secondary N) is 3. The fraction of sp³-hybridized carbons (Fsp3) is 0.864. The van der Waals surface area contributed by atoms with Crippen LogP contribution in [-0.4, -0.2) is 393 Å². The fourth-order valence-electron chi connectivity index (χ4n) is 12.4. The van der Waals surface area contributed by atoms with Crippen molar-refractivity contribution in [2.45, 2.75) is 162 Å². The van der Waals surface area contributed by atoms with Crippen molar-refractivity contribution in [2.24, 2.45) is 0 Å². The molecule has 109 heavy (non-hydrogen) atoms. The smallest absolute Gasteiger partial charge is 0.220 e. The molecule has 9 heterocycles. The third-order valence-electron chi connectivity index (χ3n) is 18.1. The lowest BCUT2D eigenvalue weighted by Crippen LogP contribution is -2.66. The van der Waals surface area contributed by atoms with E-state index in [0.717, 1.165) is 0 Å². The van der Waals surface area contributed by atoms with E-state index in [1.54, 1.807) is 32.6 Å². The number of carbonyl (C=O) groups excluding carboxylic acids is 3. The number of rotatable bonds is 60. The van der Waals surface area contributed by atoms with Gasteiger partial charge in [-0.15, -0.1) is 15.3 Å². The molecule has 0 radical (unpaired) electrons. The largest absolute Gasteiger partial charge is 0.396 e. The number of carbonyl (C=O) groups is 3. The van der Waals surface area contributed by atoms with Gasteiger partial charge in [0.25, 0.3) is 0 Å². The zero-order chi connectivity index (χ0) is 77.2. The first-order valence-corrected chi connectivity index (χ1v) is 36.7. The summed E-state index contributed by atoms with van der Waals surface area (Å²) in [5.74, 6) is -1.16. The zero-order valence-corrected chi connectivity index (χ0v) is 61.8. The summed E-state index contributed by atoms with van der Waals surface area (Å²) in [5, 5.41) is 106. The van der Waals surface area contributed by atoms with Gasteiger partial charge in [0.05, 0.1) is 262 Å². The van der Waals surface area contributed by atoms with Crippen LogP contribution >= 0.6 is 0 Å². The maximum absolute atomic E-state index is 13.6. The van der Waals surface area contributed by atoms with E-state index in [4.69, 9.17) is 99.5 Å². The number of aliphatic hydroxyl groups is 7. The predicted molar refractivity (Wildman–Crippen MR) is 363 cm³/mol. The van der Waals surface area contributed by atoms with Gasteiger partial charge in [-0.3, -0.25) is 14.4 Å². The van der Waals surface area contributed by atoms with Crippen LogP contribution < -0.4 is 16.0 Å². The molecule has 6 aliphatic heterocycles. The molecule has 0 unspecified atom stereocenters. The van der Waals surface area contributed by atoms with Crippen molar-refractivity contribution >= 4 is 17.7 Å². The normalized spacial score (nSPS) is 27.6. The number of hydrogen-bond donors (Lipinski definition) is 10. The summed E-state index contributed by atoms with van der Waals surface area (Å²) in [7, 11) is 0. The molecule has 6 bridgehead atoms. The van der Waals surface area contributed by atoms with Gasteiger partial charge in [-0.1, -0.05) is 15.6 Å².